The lowest BCUT2D eigenvalue weighted by Crippen LogP contribution is -2.23. The molecule has 0 saturated carbocycles. The van der Waals surface area contributed by atoms with Gasteiger partial charge < -0.3 is 10.6 Å². The van der Waals surface area contributed by atoms with E-state index in [1.807, 2.05) is 12.1 Å². The minimum atomic E-state index is 0.460. The van der Waals surface area contributed by atoms with Crippen LogP contribution in [0.3, 0.4) is 0 Å². The van der Waals surface area contributed by atoms with E-state index in [1.54, 1.807) is 6.20 Å². The Morgan fingerprint density at radius 3 is 3.00 bits per heavy atom. The van der Waals surface area contributed by atoms with Gasteiger partial charge in [0.25, 0.3) is 0 Å². The topological polar surface area (TPSA) is 42.2 Å². The summed E-state index contributed by atoms with van der Waals surface area (Å²) >= 11 is 0. The molecule has 0 aliphatic heterocycles. The summed E-state index contributed by atoms with van der Waals surface area (Å²) in [7, 11) is 0. The fraction of sp³-hybridized carbons (Fsp3) is 0.364. The van der Waals surface area contributed by atoms with Crippen molar-refractivity contribution in [1.29, 1.82) is 0 Å². The van der Waals surface area contributed by atoms with Gasteiger partial charge in [-0.05, 0) is 19.1 Å². The highest BCUT2D eigenvalue weighted by Crippen LogP contribution is 2.13. The van der Waals surface area contributed by atoms with Crippen LogP contribution in [-0.4, -0.2) is 18.1 Å². The zero-order valence-electron chi connectivity index (χ0n) is 8.40. The minimum Gasteiger partial charge on any atom is -0.361 e. The van der Waals surface area contributed by atoms with Crippen molar-refractivity contribution in [3.8, 4) is 12.3 Å². The molecule has 14 heavy (non-hydrogen) atoms. The van der Waals surface area contributed by atoms with E-state index in [-0.39, 0.29) is 0 Å². The van der Waals surface area contributed by atoms with Crippen molar-refractivity contribution in [3.05, 3.63) is 24.0 Å². The molecule has 0 atom stereocenters. The molecule has 0 bridgehead atoms. The van der Waals surface area contributed by atoms with E-state index in [0.717, 1.165) is 17.9 Å². The summed E-state index contributed by atoms with van der Waals surface area (Å²) in [5.41, 5.74) is 7.48. The molecule has 0 radical (unpaired) electrons. The van der Waals surface area contributed by atoms with Gasteiger partial charge in [0, 0.05) is 25.0 Å². The van der Waals surface area contributed by atoms with Crippen molar-refractivity contribution < 1.29 is 0 Å². The second-order valence-electron chi connectivity index (χ2n) is 2.93. The van der Waals surface area contributed by atoms with E-state index in [1.165, 1.54) is 0 Å². The zero-order valence-corrected chi connectivity index (χ0v) is 8.40. The average Bonchev–Trinajstić information content (AvgIpc) is 2.26. The Morgan fingerprint density at radius 2 is 2.43 bits per heavy atom. The molecule has 1 heterocycles. The maximum atomic E-state index is 5.51. The highest BCUT2D eigenvalue weighted by Gasteiger charge is 2.02. The molecule has 0 spiro atoms. The third-order valence-corrected chi connectivity index (χ3v) is 2.04. The molecule has 0 saturated heterocycles. The maximum absolute atomic E-state index is 5.51. The Labute approximate surface area is 84.9 Å². The van der Waals surface area contributed by atoms with E-state index in [4.69, 9.17) is 12.2 Å². The molecule has 1 aromatic heterocycles. The number of nitrogens with two attached hydrogens (primary N) is 1. The van der Waals surface area contributed by atoms with Crippen LogP contribution in [0, 0.1) is 12.3 Å². The molecule has 0 fully saturated rings. The van der Waals surface area contributed by atoms with Crippen LogP contribution >= 0.6 is 0 Å². The average molecular weight is 189 g/mol. The first-order valence-corrected chi connectivity index (χ1v) is 4.65. The van der Waals surface area contributed by atoms with Gasteiger partial charge in [0.2, 0.25) is 0 Å². The van der Waals surface area contributed by atoms with Crippen molar-refractivity contribution in [3.63, 3.8) is 0 Å². The first kappa shape index (κ1) is 10.6. The molecule has 1 rings (SSSR count). The van der Waals surface area contributed by atoms with E-state index in [2.05, 4.69) is 22.7 Å². The summed E-state index contributed by atoms with van der Waals surface area (Å²) in [6.07, 6.45) is 7.04. The van der Waals surface area contributed by atoms with Crippen molar-refractivity contribution in [2.75, 3.05) is 18.0 Å². The quantitative estimate of drug-likeness (QED) is 0.718. The fourth-order valence-corrected chi connectivity index (χ4v) is 1.27. The third kappa shape index (κ3) is 2.48. The molecule has 0 aliphatic rings. The fourth-order valence-electron chi connectivity index (χ4n) is 1.27. The normalized spacial score (nSPS) is 9.50. The molecule has 1 aromatic rings. The lowest BCUT2D eigenvalue weighted by molar-refractivity contribution is 0.904. The number of pyridine rings is 1. The molecule has 0 amide bonds. The second-order valence-corrected chi connectivity index (χ2v) is 2.93. The van der Waals surface area contributed by atoms with E-state index in [9.17, 15) is 0 Å². The summed E-state index contributed by atoms with van der Waals surface area (Å²) in [4.78, 5) is 6.23. The first-order valence-electron chi connectivity index (χ1n) is 4.65. The van der Waals surface area contributed by atoms with Gasteiger partial charge in [-0.3, -0.25) is 4.98 Å². The van der Waals surface area contributed by atoms with Crippen LogP contribution < -0.4 is 10.6 Å². The highest BCUT2D eigenvalue weighted by molar-refractivity contribution is 5.47. The molecule has 3 nitrogen and oxygen atoms in total. The first-order chi connectivity index (χ1) is 6.81. The van der Waals surface area contributed by atoms with Gasteiger partial charge in [0.15, 0.2) is 0 Å². The van der Waals surface area contributed by atoms with Crippen LogP contribution in [0.5, 0.6) is 0 Å². The van der Waals surface area contributed by atoms with Crippen LogP contribution in [0.4, 0.5) is 5.69 Å². The number of anilines is 1. The van der Waals surface area contributed by atoms with Crippen LogP contribution in [0.25, 0.3) is 0 Å². The van der Waals surface area contributed by atoms with Crippen molar-refractivity contribution in [2.45, 2.75) is 13.5 Å². The predicted molar refractivity (Wildman–Crippen MR) is 58.8 cm³/mol. The Morgan fingerprint density at radius 1 is 1.64 bits per heavy atom. The lowest BCUT2D eigenvalue weighted by atomic mass is 10.3. The van der Waals surface area contributed by atoms with Crippen LogP contribution in [0.15, 0.2) is 18.3 Å². The zero-order chi connectivity index (χ0) is 10.4. The summed E-state index contributed by atoms with van der Waals surface area (Å²) in [5, 5.41) is 0. The molecule has 3 heteroatoms. The molecule has 0 unspecified atom stereocenters. The Kier molecular flexibility index (Phi) is 3.96. The predicted octanol–water partition coefficient (Wildman–Crippen LogP) is 1.000. The Balaban J connectivity index is 2.87. The van der Waals surface area contributed by atoms with Gasteiger partial charge in [-0.2, -0.15) is 0 Å². The van der Waals surface area contributed by atoms with Gasteiger partial charge in [-0.1, -0.05) is 5.92 Å². The number of aromatic nitrogens is 1. The number of hydrogen-bond acceptors (Lipinski definition) is 3. The molecule has 0 aliphatic carbocycles. The van der Waals surface area contributed by atoms with Crippen LogP contribution in [-0.2, 0) is 6.54 Å². The van der Waals surface area contributed by atoms with E-state index < -0.39 is 0 Å². The van der Waals surface area contributed by atoms with Crippen molar-refractivity contribution >= 4 is 5.69 Å². The van der Waals surface area contributed by atoms with Crippen LogP contribution in [0.2, 0.25) is 0 Å². The highest BCUT2D eigenvalue weighted by atomic mass is 15.1. The second kappa shape index (κ2) is 5.25. The number of nitrogens with zero attached hydrogens (tertiary/aromatic N) is 2. The van der Waals surface area contributed by atoms with E-state index in [0.29, 0.717) is 13.1 Å². The Bertz CT molecular complexity index is 328. The molecule has 2 N–H and O–H groups in total. The summed E-state index contributed by atoms with van der Waals surface area (Å²) in [6, 6.07) is 3.92. The summed E-state index contributed by atoms with van der Waals surface area (Å²) in [5.74, 6) is 2.63. The summed E-state index contributed by atoms with van der Waals surface area (Å²) in [6.45, 7) is 4.03. The van der Waals surface area contributed by atoms with Crippen molar-refractivity contribution in [1.82, 2.24) is 4.98 Å². The van der Waals surface area contributed by atoms with Crippen LogP contribution in [0.1, 0.15) is 12.6 Å². The monoisotopic (exact) mass is 189 g/mol. The van der Waals surface area contributed by atoms with Gasteiger partial charge >= 0.3 is 0 Å². The summed E-state index contributed by atoms with van der Waals surface area (Å²) < 4.78 is 0. The molecular formula is C11H15N3. The lowest BCUT2D eigenvalue weighted by Gasteiger charge is -2.20. The number of terminal acetylenes is 1. The van der Waals surface area contributed by atoms with Gasteiger partial charge in [0.05, 0.1) is 12.2 Å². The van der Waals surface area contributed by atoms with Gasteiger partial charge in [0.1, 0.15) is 0 Å². The largest absolute Gasteiger partial charge is 0.361 e. The smallest absolute Gasteiger partial charge is 0.0791 e. The molecule has 74 valence electrons. The van der Waals surface area contributed by atoms with Gasteiger partial charge in [-0.15, -0.1) is 6.42 Å². The SMILES string of the molecule is C#CCN(CC)c1ccnc(CN)c1. The third-order valence-electron chi connectivity index (χ3n) is 2.04. The number of hydrogen-bond donors (Lipinski definition) is 1. The Hall–Kier alpha value is -1.53. The standard InChI is InChI=1S/C11H15N3/c1-3-7-14(4-2)11-5-6-13-10(8-11)9-12/h1,5-6,8H,4,7,9,12H2,2H3. The minimum absolute atomic E-state index is 0.460. The van der Waals surface area contributed by atoms with Gasteiger partial charge in [-0.25, -0.2) is 0 Å². The van der Waals surface area contributed by atoms with E-state index >= 15 is 0 Å². The van der Waals surface area contributed by atoms with Crippen molar-refractivity contribution in [2.24, 2.45) is 5.73 Å². The number of rotatable bonds is 4. The maximum Gasteiger partial charge on any atom is 0.0791 e. The molecular weight excluding hydrogens is 174 g/mol. The molecule has 0 aromatic carbocycles.